The quantitative estimate of drug-likeness (QED) is 0.0812. The van der Waals surface area contributed by atoms with Gasteiger partial charge in [-0.3, -0.25) is 25.1 Å². The summed E-state index contributed by atoms with van der Waals surface area (Å²) in [5.74, 6) is -4.63. The van der Waals surface area contributed by atoms with Gasteiger partial charge in [-0.1, -0.05) is 60.7 Å². The molecule has 0 saturated carbocycles. The number of thiophene rings is 1. The van der Waals surface area contributed by atoms with Crippen LogP contribution >= 0.6 is 11.3 Å². The number of likely N-dealkylation sites (tertiary alicyclic amines) is 1. The molecule has 1 aromatic heterocycles. The SMILES string of the molecule is N=C(N)c1ccc(CNC(=O)[C@@H]2CCCN2C(=O)[C@H](NCC(=O)O)C(c2ccccc2)c2ccccc2)s1.O=C(O)/C=C\C(=O)O. The lowest BCUT2D eigenvalue weighted by molar-refractivity contribution is -0.141. The Labute approximate surface area is 268 Å². The molecule has 0 bridgehead atoms. The molecular weight excluding hydrogens is 614 g/mol. The van der Waals surface area contributed by atoms with E-state index in [1.54, 1.807) is 11.0 Å². The van der Waals surface area contributed by atoms with Crippen molar-refractivity contribution in [3.8, 4) is 0 Å². The number of nitrogen functional groups attached to an aromatic ring is 1. The molecule has 46 heavy (non-hydrogen) atoms. The molecule has 1 aliphatic heterocycles. The third-order valence-electron chi connectivity index (χ3n) is 6.96. The third kappa shape index (κ3) is 10.4. The van der Waals surface area contributed by atoms with Crippen LogP contribution in [0.4, 0.5) is 0 Å². The van der Waals surface area contributed by atoms with Crippen molar-refractivity contribution in [3.05, 3.63) is 106 Å². The number of amides is 2. The molecule has 0 spiro atoms. The maximum absolute atomic E-state index is 14.1. The van der Waals surface area contributed by atoms with Gasteiger partial charge in [0.2, 0.25) is 11.8 Å². The van der Waals surface area contributed by atoms with Crippen molar-refractivity contribution in [1.82, 2.24) is 15.5 Å². The highest BCUT2D eigenvalue weighted by Crippen LogP contribution is 2.31. The van der Waals surface area contributed by atoms with E-state index in [9.17, 15) is 29.1 Å². The van der Waals surface area contributed by atoms with E-state index in [-0.39, 0.29) is 24.2 Å². The van der Waals surface area contributed by atoms with Crippen LogP contribution in [0.3, 0.4) is 0 Å². The van der Waals surface area contributed by atoms with Crippen molar-refractivity contribution in [1.29, 1.82) is 5.41 Å². The molecular formula is C32H35N5O8S. The summed E-state index contributed by atoms with van der Waals surface area (Å²) >= 11 is 1.34. The van der Waals surface area contributed by atoms with E-state index in [0.717, 1.165) is 16.0 Å². The van der Waals surface area contributed by atoms with Gasteiger partial charge in [0.25, 0.3) is 0 Å². The van der Waals surface area contributed by atoms with E-state index in [0.29, 0.717) is 36.4 Å². The molecule has 0 radical (unpaired) electrons. The molecule has 0 aliphatic carbocycles. The monoisotopic (exact) mass is 649 g/mol. The molecule has 1 aliphatic rings. The summed E-state index contributed by atoms with van der Waals surface area (Å²) in [4.78, 5) is 60.9. The van der Waals surface area contributed by atoms with E-state index < -0.39 is 42.5 Å². The number of nitrogens with zero attached hydrogens (tertiary/aromatic N) is 1. The lowest BCUT2D eigenvalue weighted by atomic mass is 9.84. The van der Waals surface area contributed by atoms with Crippen LogP contribution in [0.25, 0.3) is 0 Å². The van der Waals surface area contributed by atoms with Crippen molar-refractivity contribution in [3.63, 3.8) is 0 Å². The molecule has 8 N–H and O–H groups in total. The Morgan fingerprint density at radius 1 is 0.913 bits per heavy atom. The zero-order valence-corrected chi connectivity index (χ0v) is 25.5. The predicted octanol–water partition coefficient (Wildman–Crippen LogP) is 2.23. The van der Waals surface area contributed by atoms with Crippen LogP contribution in [0.2, 0.25) is 0 Å². The van der Waals surface area contributed by atoms with Crippen molar-refractivity contribution >= 4 is 46.9 Å². The van der Waals surface area contributed by atoms with Crippen LogP contribution in [-0.4, -0.2) is 81.0 Å². The van der Waals surface area contributed by atoms with Crippen molar-refractivity contribution < 1.29 is 39.3 Å². The zero-order valence-electron chi connectivity index (χ0n) is 24.7. The van der Waals surface area contributed by atoms with Crippen LogP contribution in [0.5, 0.6) is 0 Å². The van der Waals surface area contributed by atoms with E-state index in [2.05, 4.69) is 10.6 Å². The first-order chi connectivity index (χ1) is 22.0. The Morgan fingerprint density at radius 2 is 1.48 bits per heavy atom. The fourth-order valence-electron chi connectivity index (χ4n) is 4.98. The lowest BCUT2D eigenvalue weighted by Crippen LogP contribution is -2.55. The number of carbonyl (C=O) groups is 5. The molecule has 0 unspecified atom stereocenters. The minimum absolute atomic E-state index is 0.0218. The summed E-state index contributed by atoms with van der Waals surface area (Å²) in [6.45, 7) is 0.284. The molecule has 14 heteroatoms. The highest BCUT2D eigenvalue weighted by Gasteiger charge is 2.40. The number of carboxylic acids is 3. The molecule has 2 atom stereocenters. The Morgan fingerprint density at radius 3 is 1.96 bits per heavy atom. The highest BCUT2D eigenvalue weighted by molar-refractivity contribution is 7.14. The molecule has 2 aromatic carbocycles. The summed E-state index contributed by atoms with van der Waals surface area (Å²) < 4.78 is 0. The fraction of sp³-hybridized carbons (Fsp3) is 0.250. The topological polar surface area (TPSA) is 223 Å². The summed E-state index contributed by atoms with van der Waals surface area (Å²) in [5.41, 5.74) is 7.27. The van der Waals surface area contributed by atoms with Crippen molar-refractivity contribution in [2.24, 2.45) is 5.73 Å². The highest BCUT2D eigenvalue weighted by atomic mass is 32.1. The second-order valence-corrected chi connectivity index (χ2v) is 11.3. The molecule has 242 valence electrons. The Balaban J connectivity index is 0.000000637. The molecule has 1 fully saturated rings. The van der Waals surface area contributed by atoms with E-state index in [1.807, 2.05) is 66.7 Å². The van der Waals surface area contributed by atoms with Crippen LogP contribution in [0.1, 0.15) is 39.6 Å². The summed E-state index contributed by atoms with van der Waals surface area (Å²) in [5, 5.41) is 38.5. The molecule has 1 saturated heterocycles. The number of amidine groups is 1. The number of hydrogen-bond acceptors (Lipinski definition) is 8. The molecule has 2 heterocycles. The first kappa shape index (κ1) is 35.1. The van der Waals surface area contributed by atoms with Gasteiger partial charge in [-0.15, -0.1) is 11.3 Å². The average molecular weight is 650 g/mol. The number of nitrogens with two attached hydrogens (primary N) is 1. The smallest absolute Gasteiger partial charge is 0.328 e. The number of aliphatic carboxylic acids is 3. The van der Waals surface area contributed by atoms with Crippen LogP contribution in [-0.2, 0) is 30.5 Å². The maximum Gasteiger partial charge on any atom is 0.328 e. The molecule has 13 nitrogen and oxygen atoms in total. The summed E-state index contributed by atoms with van der Waals surface area (Å²) in [7, 11) is 0. The van der Waals surface area contributed by atoms with E-state index >= 15 is 0 Å². The number of hydrogen-bond donors (Lipinski definition) is 7. The second kappa shape index (κ2) is 17.2. The molecule has 4 rings (SSSR count). The lowest BCUT2D eigenvalue weighted by Gasteiger charge is -2.33. The Kier molecular flexibility index (Phi) is 13.2. The van der Waals surface area contributed by atoms with E-state index in [1.165, 1.54) is 11.3 Å². The largest absolute Gasteiger partial charge is 0.480 e. The normalized spacial score (nSPS) is 14.7. The van der Waals surface area contributed by atoms with Crippen molar-refractivity contribution in [2.45, 2.75) is 37.4 Å². The van der Waals surface area contributed by atoms with Gasteiger partial charge in [-0.05, 0) is 36.1 Å². The number of benzene rings is 2. The van der Waals surface area contributed by atoms with Gasteiger partial charge in [-0.25, -0.2) is 9.59 Å². The third-order valence-corrected chi connectivity index (χ3v) is 8.08. The van der Waals surface area contributed by atoms with Gasteiger partial charge < -0.3 is 31.3 Å². The van der Waals surface area contributed by atoms with Gasteiger partial charge >= 0.3 is 17.9 Å². The van der Waals surface area contributed by atoms with Crippen molar-refractivity contribution in [2.75, 3.05) is 13.1 Å². The Bertz CT molecular complexity index is 1510. The Hall–Kier alpha value is -5.34. The number of carbonyl (C=O) groups excluding carboxylic acids is 2. The maximum atomic E-state index is 14.1. The fourth-order valence-corrected chi connectivity index (χ4v) is 5.79. The van der Waals surface area contributed by atoms with Crippen LogP contribution in [0, 0.1) is 5.41 Å². The standard InChI is InChI=1S/C28H31N5O4S.C4H4O4/c29-26(30)22-14-13-20(38-22)16-32-27(36)21-12-7-15-33(21)28(37)25(31-17-23(34)35)24(18-8-3-1-4-9-18)19-10-5-2-6-11-19;5-3(6)1-2-4(7)8/h1-6,8-11,13-14,21,24-25,31H,7,12,15-17H2,(H3,29,30)(H,32,36)(H,34,35);1-2H,(H,5,6)(H,7,8)/b;2-1-/t21-,25+;/m0./s1. The second-order valence-electron chi connectivity index (χ2n) is 10.1. The van der Waals surface area contributed by atoms with Crippen LogP contribution < -0.4 is 16.4 Å². The number of rotatable bonds is 13. The first-order valence-corrected chi connectivity index (χ1v) is 15.0. The minimum atomic E-state index is -1.26. The van der Waals surface area contributed by atoms with Gasteiger partial charge in [0.05, 0.1) is 24.0 Å². The van der Waals surface area contributed by atoms with E-state index in [4.69, 9.17) is 21.4 Å². The number of carboxylic acid groups (broad SMARTS) is 3. The van der Waals surface area contributed by atoms with Crippen LogP contribution in [0.15, 0.2) is 84.9 Å². The average Bonchev–Trinajstić information content (AvgIpc) is 3.72. The summed E-state index contributed by atoms with van der Waals surface area (Å²) in [6.07, 6.45) is 2.31. The summed E-state index contributed by atoms with van der Waals surface area (Å²) in [6, 6.07) is 21.0. The zero-order chi connectivity index (χ0) is 33.6. The minimum Gasteiger partial charge on any atom is -0.480 e. The van der Waals surface area contributed by atoms with Gasteiger partial charge in [0, 0.05) is 29.5 Å². The van der Waals surface area contributed by atoms with Gasteiger partial charge in [-0.2, -0.15) is 0 Å². The number of nitrogens with one attached hydrogen (secondary N) is 3. The predicted molar refractivity (Wildman–Crippen MR) is 170 cm³/mol. The molecule has 3 aromatic rings. The van der Waals surface area contributed by atoms with Gasteiger partial charge in [0.15, 0.2) is 0 Å². The van der Waals surface area contributed by atoms with Gasteiger partial charge in [0.1, 0.15) is 11.9 Å². The molecule has 2 amide bonds. The first-order valence-electron chi connectivity index (χ1n) is 14.2.